The minimum absolute atomic E-state index is 0.523. The van der Waals surface area contributed by atoms with E-state index in [1.54, 1.807) is 14.2 Å². The predicted octanol–water partition coefficient (Wildman–Crippen LogP) is 3.45. The predicted molar refractivity (Wildman–Crippen MR) is 75.8 cm³/mol. The van der Waals surface area contributed by atoms with E-state index >= 15 is 0 Å². The number of rotatable bonds is 9. The highest BCUT2D eigenvalue weighted by Crippen LogP contribution is 2.19. The second-order valence-corrected chi connectivity index (χ2v) is 7.36. The second kappa shape index (κ2) is 8.66. The van der Waals surface area contributed by atoms with Gasteiger partial charge in [0.2, 0.25) is 0 Å². The lowest BCUT2D eigenvalue weighted by atomic mass is 10.2. The summed E-state index contributed by atoms with van der Waals surface area (Å²) in [4.78, 5) is 0. The fourth-order valence-electron chi connectivity index (χ4n) is 1.68. The van der Waals surface area contributed by atoms with Crippen LogP contribution in [-0.2, 0) is 19.9 Å². The molecule has 18 heavy (non-hydrogen) atoms. The van der Waals surface area contributed by atoms with Crippen molar-refractivity contribution in [3.05, 3.63) is 35.9 Å². The van der Waals surface area contributed by atoms with Crippen molar-refractivity contribution in [1.82, 2.24) is 0 Å². The van der Waals surface area contributed by atoms with E-state index < -0.39 is 8.80 Å². The minimum Gasteiger partial charge on any atom is -0.377 e. The SMILES string of the molecule is CO[Si](CCCCCl)(OC)OCc1ccccc1. The lowest BCUT2D eigenvalue weighted by Crippen LogP contribution is -2.43. The van der Waals surface area contributed by atoms with Crippen molar-refractivity contribution in [2.75, 3.05) is 20.1 Å². The van der Waals surface area contributed by atoms with Crippen molar-refractivity contribution in [1.29, 1.82) is 0 Å². The Balaban J connectivity index is 2.50. The molecule has 0 saturated carbocycles. The Morgan fingerprint density at radius 3 is 2.28 bits per heavy atom. The zero-order chi connectivity index (χ0) is 13.3. The summed E-state index contributed by atoms with van der Waals surface area (Å²) in [5.41, 5.74) is 1.13. The van der Waals surface area contributed by atoms with E-state index in [-0.39, 0.29) is 0 Å². The Hall–Kier alpha value is -0.393. The fraction of sp³-hybridized carbons (Fsp3) is 0.538. The maximum atomic E-state index is 5.91. The quantitative estimate of drug-likeness (QED) is 0.396. The highest BCUT2D eigenvalue weighted by Gasteiger charge is 2.38. The molecule has 0 saturated heterocycles. The molecule has 0 atom stereocenters. The average Bonchev–Trinajstić information content (AvgIpc) is 2.44. The third-order valence-corrected chi connectivity index (χ3v) is 5.85. The third kappa shape index (κ3) is 5.08. The van der Waals surface area contributed by atoms with Crippen LogP contribution in [0.1, 0.15) is 18.4 Å². The lowest BCUT2D eigenvalue weighted by Gasteiger charge is -2.26. The van der Waals surface area contributed by atoms with Crippen molar-refractivity contribution >= 4 is 20.4 Å². The summed E-state index contributed by atoms with van der Waals surface area (Å²) in [5.74, 6) is 0.663. The minimum atomic E-state index is -2.52. The van der Waals surface area contributed by atoms with E-state index in [9.17, 15) is 0 Å². The number of halogens is 1. The van der Waals surface area contributed by atoms with Crippen molar-refractivity contribution in [3.63, 3.8) is 0 Å². The summed E-state index contributed by atoms with van der Waals surface area (Å²) in [6, 6.07) is 10.8. The molecule has 1 aromatic rings. The molecule has 0 radical (unpaired) electrons. The monoisotopic (exact) mass is 288 g/mol. The van der Waals surface area contributed by atoms with E-state index in [0.29, 0.717) is 12.5 Å². The van der Waals surface area contributed by atoms with Gasteiger partial charge >= 0.3 is 8.80 Å². The fourth-order valence-corrected chi connectivity index (χ4v) is 3.89. The first-order chi connectivity index (χ1) is 8.76. The van der Waals surface area contributed by atoms with Crippen molar-refractivity contribution < 1.29 is 13.3 Å². The Bertz CT molecular complexity index is 317. The molecule has 0 spiro atoms. The molecule has 1 aromatic carbocycles. The molecular weight excluding hydrogens is 268 g/mol. The molecule has 0 aromatic heterocycles. The van der Waals surface area contributed by atoms with Gasteiger partial charge in [-0.15, -0.1) is 11.6 Å². The van der Waals surface area contributed by atoms with Gasteiger partial charge in [-0.3, -0.25) is 0 Å². The first-order valence-corrected chi connectivity index (χ1v) is 8.57. The summed E-state index contributed by atoms with van der Waals surface area (Å²) >= 11 is 5.68. The van der Waals surface area contributed by atoms with Gasteiger partial charge in [-0.2, -0.15) is 0 Å². The zero-order valence-electron chi connectivity index (χ0n) is 11.0. The molecule has 0 fully saturated rings. The largest absolute Gasteiger partial charge is 0.500 e. The van der Waals surface area contributed by atoms with Gasteiger partial charge in [0.25, 0.3) is 0 Å². The van der Waals surface area contributed by atoms with Crippen LogP contribution >= 0.6 is 11.6 Å². The molecule has 5 heteroatoms. The summed E-state index contributed by atoms with van der Waals surface area (Å²) in [6.07, 6.45) is 1.92. The number of unbranched alkanes of at least 4 members (excludes halogenated alkanes) is 1. The van der Waals surface area contributed by atoms with Crippen LogP contribution in [-0.4, -0.2) is 28.9 Å². The smallest absolute Gasteiger partial charge is 0.377 e. The van der Waals surface area contributed by atoms with Crippen LogP contribution in [0.5, 0.6) is 0 Å². The average molecular weight is 289 g/mol. The molecule has 102 valence electrons. The van der Waals surface area contributed by atoms with Crippen molar-refractivity contribution in [3.8, 4) is 0 Å². The van der Waals surface area contributed by atoms with Crippen molar-refractivity contribution in [2.45, 2.75) is 25.5 Å². The van der Waals surface area contributed by atoms with Crippen LogP contribution in [0, 0.1) is 0 Å². The van der Waals surface area contributed by atoms with E-state index in [1.165, 1.54) is 0 Å². The Morgan fingerprint density at radius 1 is 1.06 bits per heavy atom. The molecule has 1 rings (SSSR count). The van der Waals surface area contributed by atoms with E-state index in [1.807, 2.05) is 30.3 Å². The standard InChI is InChI=1S/C13H21ClO3Si/c1-15-18(16-2,11-7-6-10-14)17-12-13-8-4-3-5-9-13/h3-5,8-9H,6-7,10-12H2,1-2H3. The Labute approximate surface area is 115 Å². The second-order valence-electron chi connectivity index (χ2n) is 4.01. The molecule has 0 aliphatic rings. The maximum Gasteiger partial charge on any atom is 0.500 e. The number of alkyl halides is 1. The van der Waals surface area contributed by atoms with Gasteiger partial charge in [0, 0.05) is 26.1 Å². The first kappa shape index (κ1) is 15.7. The van der Waals surface area contributed by atoms with Gasteiger partial charge in [0.1, 0.15) is 0 Å². The third-order valence-electron chi connectivity index (χ3n) is 2.79. The normalized spacial score (nSPS) is 11.7. The molecule has 0 heterocycles. The first-order valence-electron chi connectivity index (χ1n) is 6.10. The molecule has 0 unspecified atom stereocenters. The topological polar surface area (TPSA) is 27.7 Å². The van der Waals surface area contributed by atoms with Gasteiger partial charge < -0.3 is 13.3 Å². The molecule has 0 aliphatic heterocycles. The molecule has 0 N–H and O–H groups in total. The Morgan fingerprint density at radius 2 is 1.72 bits per heavy atom. The van der Waals surface area contributed by atoms with E-state index in [2.05, 4.69) is 0 Å². The van der Waals surface area contributed by atoms with Crippen LogP contribution < -0.4 is 0 Å². The molecule has 3 nitrogen and oxygen atoms in total. The van der Waals surface area contributed by atoms with E-state index in [0.717, 1.165) is 24.4 Å². The van der Waals surface area contributed by atoms with Crippen LogP contribution in [0.4, 0.5) is 0 Å². The summed E-state index contributed by atoms with van der Waals surface area (Å²) in [7, 11) is 0.786. The van der Waals surface area contributed by atoms with Gasteiger partial charge in [0.15, 0.2) is 0 Å². The van der Waals surface area contributed by atoms with Crippen molar-refractivity contribution in [2.24, 2.45) is 0 Å². The summed E-state index contributed by atoms with van der Waals surface area (Å²) in [5, 5.41) is 0. The zero-order valence-corrected chi connectivity index (χ0v) is 12.8. The van der Waals surface area contributed by atoms with Gasteiger partial charge in [-0.05, 0) is 18.4 Å². The molecule has 0 amide bonds. The Kier molecular flexibility index (Phi) is 7.54. The van der Waals surface area contributed by atoms with Crippen LogP contribution in [0.15, 0.2) is 30.3 Å². The molecule has 0 bridgehead atoms. The van der Waals surface area contributed by atoms with Gasteiger partial charge in [0.05, 0.1) is 6.61 Å². The van der Waals surface area contributed by atoms with Crippen LogP contribution in [0.3, 0.4) is 0 Å². The lowest BCUT2D eigenvalue weighted by molar-refractivity contribution is 0.0907. The molecule has 0 aliphatic carbocycles. The maximum absolute atomic E-state index is 5.91. The van der Waals surface area contributed by atoms with Gasteiger partial charge in [-0.1, -0.05) is 30.3 Å². The summed E-state index contributed by atoms with van der Waals surface area (Å²) < 4.78 is 16.9. The number of benzene rings is 1. The number of hydrogen-bond donors (Lipinski definition) is 0. The highest BCUT2D eigenvalue weighted by molar-refractivity contribution is 6.60. The van der Waals surface area contributed by atoms with Crippen LogP contribution in [0.25, 0.3) is 0 Å². The number of hydrogen-bond acceptors (Lipinski definition) is 3. The molecular formula is C13H21ClO3Si. The van der Waals surface area contributed by atoms with Crippen LogP contribution in [0.2, 0.25) is 6.04 Å². The van der Waals surface area contributed by atoms with E-state index in [4.69, 9.17) is 24.9 Å². The van der Waals surface area contributed by atoms with Gasteiger partial charge in [-0.25, -0.2) is 0 Å². The highest BCUT2D eigenvalue weighted by atomic mass is 35.5. The summed E-state index contributed by atoms with van der Waals surface area (Å²) in [6.45, 7) is 0.523.